The first-order chi connectivity index (χ1) is 8.43. The van der Waals surface area contributed by atoms with Crippen LogP contribution >= 0.6 is 27.3 Å². The average Bonchev–Trinajstić information content (AvgIpc) is 2.69. The predicted molar refractivity (Wildman–Crippen MR) is 78.6 cm³/mol. The molecule has 0 atom stereocenters. The van der Waals surface area contributed by atoms with Crippen LogP contribution in [0.4, 0.5) is 0 Å². The zero-order valence-electron chi connectivity index (χ0n) is 10.6. The fourth-order valence-corrected chi connectivity index (χ4v) is 6.28. The molecule has 0 unspecified atom stereocenters. The molecule has 1 fully saturated rings. The number of thiophene rings is 1. The molecule has 0 aliphatic heterocycles. The number of sulfonamides is 1. The minimum atomic E-state index is -3.33. The van der Waals surface area contributed by atoms with Crippen molar-refractivity contribution in [1.29, 1.82) is 0 Å². The Kier molecular flexibility index (Phi) is 4.52. The Balaban J connectivity index is 2.27. The third-order valence-electron chi connectivity index (χ3n) is 3.59. The Morgan fingerprint density at radius 2 is 1.94 bits per heavy atom. The van der Waals surface area contributed by atoms with Gasteiger partial charge in [0.1, 0.15) is 0 Å². The van der Waals surface area contributed by atoms with Crippen LogP contribution in [0.15, 0.2) is 14.7 Å². The summed E-state index contributed by atoms with van der Waals surface area (Å²) in [6.07, 6.45) is 5.47. The predicted octanol–water partition coefficient (Wildman–Crippen LogP) is 3.77. The molecule has 1 aromatic rings. The summed E-state index contributed by atoms with van der Waals surface area (Å²) in [4.78, 5) is 1.30. The van der Waals surface area contributed by atoms with Gasteiger partial charge in [-0.2, -0.15) is 4.31 Å². The molecular formula is C12H18BrNO2S2. The van der Waals surface area contributed by atoms with Gasteiger partial charge >= 0.3 is 0 Å². The van der Waals surface area contributed by atoms with E-state index in [1.807, 2.05) is 6.92 Å². The highest BCUT2D eigenvalue weighted by Crippen LogP contribution is 2.33. The van der Waals surface area contributed by atoms with Gasteiger partial charge in [0, 0.05) is 18.0 Å². The number of hydrogen-bond acceptors (Lipinski definition) is 3. The Morgan fingerprint density at radius 1 is 1.33 bits per heavy atom. The van der Waals surface area contributed by atoms with Gasteiger partial charge in [-0.15, -0.1) is 11.3 Å². The van der Waals surface area contributed by atoms with Crippen LogP contribution in [0, 0.1) is 6.92 Å². The summed E-state index contributed by atoms with van der Waals surface area (Å²) < 4.78 is 27.6. The molecular weight excluding hydrogens is 334 g/mol. The monoisotopic (exact) mass is 351 g/mol. The molecule has 1 aliphatic rings. The number of hydrogen-bond donors (Lipinski definition) is 0. The summed E-state index contributed by atoms with van der Waals surface area (Å²) in [5.74, 6) is 0. The number of rotatable bonds is 3. The molecule has 102 valence electrons. The molecule has 0 N–H and O–H groups in total. The van der Waals surface area contributed by atoms with Crippen molar-refractivity contribution >= 4 is 37.3 Å². The number of halogens is 1. The molecule has 3 nitrogen and oxygen atoms in total. The molecule has 1 aromatic heterocycles. The summed E-state index contributed by atoms with van der Waals surface area (Å²) in [6.45, 7) is 1.86. The van der Waals surface area contributed by atoms with Crippen molar-refractivity contribution in [2.24, 2.45) is 0 Å². The maximum Gasteiger partial charge on any atom is 0.244 e. The first-order valence-electron chi connectivity index (χ1n) is 6.17. The van der Waals surface area contributed by atoms with Crippen LogP contribution in [0.1, 0.15) is 37.0 Å². The van der Waals surface area contributed by atoms with Gasteiger partial charge in [-0.25, -0.2) is 8.42 Å². The molecule has 0 bridgehead atoms. The van der Waals surface area contributed by atoms with Crippen molar-refractivity contribution in [3.8, 4) is 0 Å². The van der Waals surface area contributed by atoms with Gasteiger partial charge in [0.25, 0.3) is 0 Å². The molecule has 2 rings (SSSR count). The van der Waals surface area contributed by atoms with Crippen LogP contribution in [0.25, 0.3) is 0 Å². The van der Waals surface area contributed by atoms with E-state index in [0.29, 0.717) is 4.90 Å². The van der Waals surface area contributed by atoms with E-state index in [1.165, 1.54) is 17.8 Å². The summed E-state index contributed by atoms with van der Waals surface area (Å²) in [5, 5.41) is 0. The van der Waals surface area contributed by atoms with E-state index in [-0.39, 0.29) is 6.04 Å². The van der Waals surface area contributed by atoms with Crippen molar-refractivity contribution in [2.45, 2.75) is 50.0 Å². The Bertz CT molecular complexity index is 518. The minimum absolute atomic E-state index is 0.168. The molecule has 0 amide bonds. The van der Waals surface area contributed by atoms with E-state index in [0.717, 1.165) is 34.3 Å². The second-order valence-electron chi connectivity index (χ2n) is 4.78. The smallest absolute Gasteiger partial charge is 0.207 e. The molecule has 18 heavy (non-hydrogen) atoms. The number of aryl methyl sites for hydroxylation is 1. The van der Waals surface area contributed by atoms with E-state index < -0.39 is 10.0 Å². The van der Waals surface area contributed by atoms with E-state index in [2.05, 4.69) is 15.9 Å². The van der Waals surface area contributed by atoms with Crippen molar-refractivity contribution < 1.29 is 8.42 Å². The standard InChI is InChI=1S/C12H18BrNO2S2/c1-9-11(8-12(13)17-9)18(15,16)14(2)10-6-4-3-5-7-10/h8,10H,3-7H2,1-2H3. The van der Waals surface area contributed by atoms with Gasteiger partial charge < -0.3 is 0 Å². The minimum Gasteiger partial charge on any atom is -0.207 e. The molecule has 1 saturated carbocycles. The third-order valence-corrected chi connectivity index (χ3v) is 7.31. The van der Waals surface area contributed by atoms with Crippen LogP contribution in [0.2, 0.25) is 0 Å². The van der Waals surface area contributed by atoms with E-state index >= 15 is 0 Å². The molecule has 6 heteroatoms. The lowest BCUT2D eigenvalue weighted by molar-refractivity contribution is 0.286. The molecule has 0 radical (unpaired) electrons. The Labute approximate surface area is 121 Å². The van der Waals surface area contributed by atoms with Gasteiger partial charge in [-0.05, 0) is 41.8 Å². The summed E-state index contributed by atoms with van der Waals surface area (Å²) >= 11 is 4.83. The van der Waals surface area contributed by atoms with E-state index in [9.17, 15) is 8.42 Å². The van der Waals surface area contributed by atoms with Crippen molar-refractivity contribution in [1.82, 2.24) is 4.31 Å². The zero-order chi connectivity index (χ0) is 13.3. The van der Waals surface area contributed by atoms with E-state index in [1.54, 1.807) is 17.4 Å². The van der Waals surface area contributed by atoms with E-state index in [4.69, 9.17) is 0 Å². The highest BCUT2D eigenvalue weighted by atomic mass is 79.9. The normalized spacial score (nSPS) is 18.4. The second-order valence-corrected chi connectivity index (χ2v) is 9.39. The van der Waals surface area contributed by atoms with Crippen LogP contribution in [-0.4, -0.2) is 25.8 Å². The Morgan fingerprint density at radius 3 is 2.44 bits per heavy atom. The third kappa shape index (κ3) is 2.81. The van der Waals surface area contributed by atoms with Gasteiger partial charge in [-0.1, -0.05) is 19.3 Å². The van der Waals surface area contributed by atoms with Crippen molar-refractivity contribution in [2.75, 3.05) is 7.05 Å². The topological polar surface area (TPSA) is 37.4 Å². The van der Waals surface area contributed by atoms with Crippen LogP contribution in [0.3, 0.4) is 0 Å². The summed E-state index contributed by atoms with van der Waals surface area (Å²) in [5.41, 5.74) is 0. The number of nitrogens with zero attached hydrogens (tertiary/aromatic N) is 1. The second kappa shape index (κ2) is 5.61. The lowest BCUT2D eigenvalue weighted by Crippen LogP contribution is -2.38. The first kappa shape index (κ1) is 14.5. The highest BCUT2D eigenvalue weighted by Gasteiger charge is 2.30. The van der Waals surface area contributed by atoms with Crippen LogP contribution in [0.5, 0.6) is 0 Å². The van der Waals surface area contributed by atoms with Crippen LogP contribution in [-0.2, 0) is 10.0 Å². The molecule has 0 saturated heterocycles. The molecule has 0 aromatic carbocycles. The van der Waals surface area contributed by atoms with Gasteiger partial charge in [0.15, 0.2) is 0 Å². The van der Waals surface area contributed by atoms with Crippen molar-refractivity contribution in [3.05, 3.63) is 14.7 Å². The largest absolute Gasteiger partial charge is 0.244 e. The lowest BCUT2D eigenvalue weighted by atomic mass is 9.96. The van der Waals surface area contributed by atoms with Gasteiger partial charge in [-0.3, -0.25) is 0 Å². The summed E-state index contributed by atoms with van der Waals surface area (Å²) in [7, 11) is -1.62. The fourth-order valence-electron chi connectivity index (χ4n) is 2.48. The molecule has 0 spiro atoms. The maximum atomic E-state index is 12.6. The fraction of sp³-hybridized carbons (Fsp3) is 0.667. The molecule has 1 heterocycles. The Hall–Kier alpha value is 0.0900. The maximum absolute atomic E-state index is 12.6. The lowest BCUT2D eigenvalue weighted by Gasteiger charge is -2.30. The molecule has 1 aliphatic carbocycles. The average molecular weight is 352 g/mol. The SMILES string of the molecule is Cc1sc(Br)cc1S(=O)(=O)N(C)C1CCCCC1. The van der Waals surface area contributed by atoms with Gasteiger partial charge in [0.05, 0.1) is 8.68 Å². The zero-order valence-corrected chi connectivity index (χ0v) is 13.9. The van der Waals surface area contributed by atoms with Crippen LogP contribution < -0.4 is 0 Å². The first-order valence-corrected chi connectivity index (χ1v) is 9.22. The van der Waals surface area contributed by atoms with Gasteiger partial charge in [0.2, 0.25) is 10.0 Å². The highest BCUT2D eigenvalue weighted by molar-refractivity contribution is 9.11. The van der Waals surface area contributed by atoms with Crippen molar-refractivity contribution in [3.63, 3.8) is 0 Å². The summed E-state index contributed by atoms with van der Waals surface area (Å²) in [6, 6.07) is 1.89. The quantitative estimate of drug-likeness (QED) is 0.830.